The molecule has 0 amide bonds. The average Bonchev–Trinajstić information content (AvgIpc) is 2.15. The normalized spacial score (nSPS) is 18.6. The van der Waals surface area contributed by atoms with E-state index in [1.165, 1.54) is 11.1 Å². The highest BCUT2D eigenvalue weighted by atomic mass is 79.9. The van der Waals surface area contributed by atoms with Gasteiger partial charge in [-0.15, -0.1) is 0 Å². The molecule has 15 heavy (non-hydrogen) atoms. The van der Waals surface area contributed by atoms with Gasteiger partial charge >= 0.3 is 0 Å². The molecule has 0 radical (unpaired) electrons. The average molecular weight is 269 g/mol. The molecule has 1 aliphatic rings. The smallest absolute Gasteiger partial charge is 0.0373 e. The maximum absolute atomic E-state index is 3.54. The molecular weight excluding hydrogens is 252 g/mol. The second-order valence-electron chi connectivity index (χ2n) is 4.19. The van der Waals surface area contributed by atoms with Crippen LogP contribution in [0.5, 0.6) is 0 Å². The van der Waals surface area contributed by atoms with Gasteiger partial charge in [0.2, 0.25) is 0 Å². The minimum absolute atomic E-state index is 0.476. The van der Waals surface area contributed by atoms with Gasteiger partial charge in [0.1, 0.15) is 0 Å². The molecule has 1 fully saturated rings. The Kier molecular flexibility index (Phi) is 3.44. The zero-order valence-corrected chi connectivity index (χ0v) is 10.8. The molecule has 1 aromatic rings. The monoisotopic (exact) mass is 268 g/mol. The molecule has 1 aliphatic heterocycles. The standard InChI is InChI=1S/C12H17BrN2/c1-8-3-4-10(13)5-11(8)12(14-2)9-6-15-7-9/h3-5,9,12,14-15H,6-7H2,1-2H3. The van der Waals surface area contributed by atoms with E-state index >= 15 is 0 Å². The van der Waals surface area contributed by atoms with Gasteiger partial charge in [0.25, 0.3) is 0 Å². The van der Waals surface area contributed by atoms with E-state index in [0.29, 0.717) is 6.04 Å². The van der Waals surface area contributed by atoms with Gasteiger partial charge in [-0.2, -0.15) is 0 Å². The molecule has 2 rings (SSSR count). The van der Waals surface area contributed by atoms with Gasteiger partial charge in [0, 0.05) is 29.5 Å². The molecule has 0 aliphatic carbocycles. The Morgan fingerprint density at radius 3 is 2.73 bits per heavy atom. The Bertz CT molecular complexity index is 347. The molecule has 0 saturated carbocycles. The Morgan fingerprint density at radius 1 is 1.47 bits per heavy atom. The second-order valence-corrected chi connectivity index (χ2v) is 5.10. The summed E-state index contributed by atoms with van der Waals surface area (Å²) in [6, 6.07) is 6.98. The van der Waals surface area contributed by atoms with E-state index in [9.17, 15) is 0 Å². The summed E-state index contributed by atoms with van der Waals surface area (Å²) in [6.07, 6.45) is 0. The van der Waals surface area contributed by atoms with Crippen LogP contribution < -0.4 is 10.6 Å². The third-order valence-corrected chi connectivity index (χ3v) is 3.67. The number of nitrogens with one attached hydrogen (secondary N) is 2. The fourth-order valence-electron chi connectivity index (χ4n) is 2.14. The highest BCUT2D eigenvalue weighted by Crippen LogP contribution is 2.29. The summed E-state index contributed by atoms with van der Waals surface area (Å²) in [5.74, 6) is 0.725. The van der Waals surface area contributed by atoms with Gasteiger partial charge in [-0.25, -0.2) is 0 Å². The molecule has 82 valence electrons. The minimum Gasteiger partial charge on any atom is -0.316 e. The third-order valence-electron chi connectivity index (χ3n) is 3.17. The third kappa shape index (κ3) is 2.25. The molecule has 1 aromatic carbocycles. The van der Waals surface area contributed by atoms with Gasteiger partial charge < -0.3 is 10.6 Å². The topological polar surface area (TPSA) is 24.1 Å². The van der Waals surface area contributed by atoms with Crippen LogP contribution in [0.1, 0.15) is 17.2 Å². The van der Waals surface area contributed by atoms with E-state index in [1.54, 1.807) is 0 Å². The van der Waals surface area contributed by atoms with Crippen LogP contribution in [-0.2, 0) is 0 Å². The first-order valence-corrected chi connectivity index (χ1v) is 6.15. The molecular formula is C12H17BrN2. The summed E-state index contributed by atoms with van der Waals surface area (Å²) in [5, 5.41) is 6.76. The number of rotatable bonds is 3. The number of halogens is 1. The Balaban J connectivity index is 2.28. The highest BCUT2D eigenvalue weighted by molar-refractivity contribution is 9.10. The van der Waals surface area contributed by atoms with Gasteiger partial charge in [-0.1, -0.05) is 22.0 Å². The van der Waals surface area contributed by atoms with Gasteiger partial charge in [0.15, 0.2) is 0 Å². The van der Waals surface area contributed by atoms with Gasteiger partial charge in [-0.05, 0) is 37.2 Å². The molecule has 0 aromatic heterocycles. The summed E-state index contributed by atoms with van der Waals surface area (Å²) in [5.41, 5.74) is 2.78. The molecule has 1 atom stereocenters. The van der Waals surface area contributed by atoms with Crippen LogP contribution in [0.3, 0.4) is 0 Å². The van der Waals surface area contributed by atoms with Crippen LogP contribution in [0.4, 0.5) is 0 Å². The SMILES string of the molecule is CNC(c1cc(Br)ccc1C)C1CNC1. The van der Waals surface area contributed by atoms with Crippen molar-refractivity contribution in [3.63, 3.8) is 0 Å². The van der Waals surface area contributed by atoms with Crippen molar-refractivity contribution in [1.82, 2.24) is 10.6 Å². The molecule has 2 nitrogen and oxygen atoms in total. The summed E-state index contributed by atoms with van der Waals surface area (Å²) in [7, 11) is 2.04. The Labute approximate surface area is 99.6 Å². The van der Waals surface area contributed by atoms with E-state index in [4.69, 9.17) is 0 Å². The fraction of sp³-hybridized carbons (Fsp3) is 0.500. The lowest BCUT2D eigenvalue weighted by Gasteiger charge is -2.35. The first kappa shape index (κ1) is 11.1. The zero-order chi connectivity index (χ0) is 10.8. The fourth-order valence-corrected chi connectivity index (χ4v) is 2.52. The molecule has 0 bridgehead atoms. The molecule has 0 spiro atoms. The van der Waals surface area contributed by atoms with Crippen molar-refractivity contribution in [2.24, 2.45) is 5.92 Å². The second kappa shape index (κ2) is 4.64. The summed E-state index contributed by atoms with van der Waals surface area (Å²) in [6.45, 7) is 4.42. The summed E-state index contributed by atoms with van der Waals surface area (Å²) < 4.78 is 1.16. The van der Waals surface area contributed by atoms with Crippen LogP contribution in [-0.4, -0.2) is 20.1 Å². The van der Waals surface area contributed by atoms with E-state index in [0.717, 1.165) is 23.5 Å². The van der Waals surface area contributed by atoms with E-state index in [2.05, 4.69) is 51.7 Å². The zero-order valence-electron chi connectivity index (χ0n) is 9.18. The molecule has 1 unspecified atom stereocenters. The first-order chi connectivity index (χ1) is 7.22. The molecule has 3 heteroatoms. The summed E-state index contributed by atoms with van der Waals surface area (Å²) in [4.78, 5) is 0. The molecule has 1 heterocycles. The van der Waals surface area contributed by atoms with Crippen LogP contribution >= 0.6 is 15.9 Å². The Hall–Kier alpha value is -0.380. The lowest BCUT2D eigenvalue weighted by Crippen LogP contribution is -2.48. The van der Waals surface area contributed by atoms with Crippen molar-refractivity contribution >= 4 is 15.9 Å². The quantitative estimate of drug-likeness (QED) is 0.879. The van der Waals surface area contributed by atoms with Gasteiger partial charge in [0.05, 0.1) is 0 Å². The minimum atomic E-state index is 0.476. The van der Waals surface area contributed by atoms with Crippen LogP contribution in [0.2, 0.25) is 0 Å². The molecule has 2 N–H and O–H groups in total. The summed E-state index contributed by atoms with van der Waals surface area (Å²) >= 11 is 3.54. The predicted octanol–water partition coefficient (Wildman–Crippen LogP) is 2.24. The van der Waals surface area contributed by atoms with Crippen LogP contribution in [0, 0.1) is 12.8 Å². The van der Waals surface area contributed by atoms with Crippen molar-refractivity contribution in [2.45, 2.75) is 13.0 Å². The highest BCUT2D eigenvalue weighted by Gasteiger charge is 2.27. The van der Waals surface area contributed by atoms with Crippen molar-refractivity contribution in [3.05, 3.63) is 33.8 Å². The number of aryl methyl sites for hydroxylation is 1. The Morgan fingerprint density at radius 2 is 2.20 bits per heavy atom. The largest absolute Gasteiger partial charge is 0.316 e. The lowest BCUT2D eigenvalue weighted by atomic mass is 9.87. The van der Waals surface area contributed by atoms with Gasteiger partial charge in [-0.3, -0.25) is 0 Å². The van der Waals surface area contributed by atoms with Crippen LogP contribution in [0.15, 0.2) is 22.7 Å². The van der Waals surface area contributed by atoms with E-state index < -0.39 is 0 Å². The first-order valence-electron chi connectivity index (χ1n) is 5.36. The predicted molar refractivity (Wildman–Crippen MR) is 67.0 cm³/mol. The maximum Gasteiger partial charge on any atom is 0.0373 e. The lowest BCUT2D eigenvalue weighted by molar-refractivity contribution is 0.267. The van der Waals surface area contributed by atoms with Crippen molar-refractivity contribution in [3.8, 4) is 0 Å². The van der Waals surface area contributed by atoms with E-state index in [1.807, 2.05) is 7.05 Å². The molecule has 1 saturated heterocycles. The van der Waals surface area contributed by atoms with Crippen LogP contribution in [0.25, 0.3) is 0 Å². The number of hydrogen-bond donors (Lipinski definition) is 2. The van der Waals surface area contributed by atoms with E-state index in [-0.39, 0.29) is 0 Å². The number of hydrogen-bond acceptors (Lipinski definition) is 2. The van der Waals surface area contributed by atoms with Crippen molar-refractivity contribution in [1.29, 1.82) is 0 Å². The van der Waals surface area contributed by atoms with Crippen molar-refractivity contribution in [2.75, 3.05) is 20.1 Å². The number of benzene rings is 1. The van der Waals surface area contributed by atoms with Crippen molar-refractivity contribution < 1.29 is 0 Å². The maximum atomic E-state index is 3.54.